The smallest absolute Gasteiger partial charge is 0.310 e. The maximum Gasteiger partial charge on any atom is 0.310 e. The second-order valence-corrected chi connectivity index (χ2v) is 10.3. The van der Waals surface area contributed by atoms with Crippen LogP contribution in [-0.4, -0.2) is 41.7 Å². The van der Waals surface area contributed by atoms with Crippen molar-refractivity contribution in [2.24, 2.45) is 5.41 Å². The van der Waals surface area contributed by atoms with Crippen molar-refractivity contribution in [2.75, 3.05) is 29.9 Å². The lowest BCUT2D eigenvalue weighted by Gasteiger charge is -2.40. The van der Waals surface area contributed by atoms with E-state index in [1.54, 1.807) is 12.4 Å². The monoisotopic (exact) mass is 470 g/mol. The summed E-state index contributed by atoms with van der Waals surface area (Å²) >= 11 is 0. The maximum absolute atomic E-state index is 14.9. The van der Waals surface area contributed by atoms with E-state index in [4.69, 9.17) is 4.74 Å². The van der Waals surface area contributed by atoms with Gasteiger partial charge in [-0.15, -0.1) is 0 Å². The zero-order chi connectivity index (χ0) is 24.9. The highest BCUT2D eigenvalue weighted by atomic mass is 19.1. The van der Waals surface area contributed by atoms with Gasteiger partial charge in [-0.3, -0.25) is 9.78 Å². The molecule has 34 heavy (non-hydrogen) atoms. The highest BCUT2D eigenvalue weighted by molar-refractivity contribution is 5.85. The van der Waals surface area contributed by atoms with E-state index in [2.05, 4.69) is 41.0 Å². The number of nitrogens with one attached hydrogen (secondary N) is 1. The number of halogens is 1. The van der Waals surface area contributed by atoms with Crippen LogP contribution in [0.15, 0.2) is 18.5 Å². The number of piperidine rings is 1. The number of hydrogen-bond donors (Lipinski definition) is 1. The molecule has 3 heterocycles. The summed E-state index contributed by atoms with van der Waals surface area (Å²) in [6.45, 7) is 14.7. The summed E-state index contributed by atoms with van der Waals surface area (Å²) in [6.07, 6.45) is 7.48. The van der Waals surface area contributed by atoms with E-state index in [1.165, 1.54) is 6.07 Å². The van der Waals surface area contributed by atoms with Crippen LogP contribution in [0.5, 0.6) is 0 Å². The zero-order valence-corrected chi connectivity index (χ0v) is 21.5. The molecule has 0 amide bonds. The van der Waals surface area contributed by atoms with Crippen molar-refractivity contribution in [1.29, 1.82) is 0 Å². The fourth-order valence-corrected chi connectivity index (χ4v) is 4.30. The first-order chi connectivity index (χ1) is 16.1. The SMILES string of the molecule is CCCCNc1ncc(-c2cnc(C)c(CC(=O)OC(C)C)c2N2CCC(C)(C)CC2)cc1F. The number of pyridine rings is 2. The Balaban J connectivity index is 2.03. The number of carbonyl (C=O) groups excluding carboxylic acids is 1. The van der Waals surface area contributed by atoms with Crippen LogP contribution in [0.4, 0.5) is 15.9 Å². The topological polar surface area (TPSA) is 67.3 Å². The molecule has 0 atom stereocenters. The van der Waals surface area contributed by atoms with E-state index >= 15 is 0 Å². The summed E-state index contributed by atoms with van der Waals surface area (Å²) in [5.74, 6) is -0.407. The molecule has 6 nitrogen and oxygen atoms in total. The summed E-state index contributed by atoms with van der Waals surface area (Å²) in [7, 11) is 0. The normalized spacial score (nSPS) is 15.5. The minimum Gasteiger partial charge on any atom is -0.463 e. The molecule has 1 N–H and O–H groups in total. The summed E-state index contributed by atoms with van der Waals surface area (Å²) in [4.78, 5) is 23.9. The van der Waals surface area contributed by atoms with Crippen LogP contribution in [0, 0.1) is 18.2 Å². The van der Waals surface area contributed by atoms with Crippen molar-refractivity contribution >= 4 is 17.5 Å². The number of esters is 1. The van der Waals surface area contributed by atoms with Gasteiger partial charge in [0, 0.05) is 54.4 Å². The highest BCUT2D eigenvalue weighted by Gasteiger charge is 2.30. The summed E-state index contributed by atoms with van der Waals surface area (Å²) in [6, 6.07) is 1.52. The van der Waals surface area contributed by atoms with Crippen LogP contribution in [0.2, 0.25) is 0 Å². The van der Waals surface area contributed by atoms with Crippen molar-refractivity contribution in [3.05, 3.63) is 35.5 Å². The van der Waals surface area contributed by atoms with Gasteiger partial charge in [-0.2, -0.15) is 0 Å². The van der Waals surface area contributed by atoms with Crippen molar-refractivity contribution < 1.29 is 13.9 Å². The van der Waals surface area contributed by atoms with E-state index in [0.29, 0.717) is 12.1 Å². The Hall–Kier alpha value is -2.70. The summed E-state index contributed by atoms with van der Waals surface area (Å²) < 4.78 is 20.4. The van der Waals surface area contributed by atoms with Crippen LogP contribution in [0.3, 0.4) is 0 Å². The number of hydrogen-bond acceptors (Lipinski definition) is 6. The predicted octanol–water partition coefficient (Wildman–Crippen LogP) is 5.92. The molecule has 1 aliphatic rings. The minimum atomic E-state index is -0.388. The quantitative estimate of drug-likeness (QED) is 0.362. The van der Waals surface area contributed by atoms with Crippen LogP contribution in [-0.2, 0) is 16.0 Å². The Morgan fingerprint density at radius 1 is 1.24 bits per heavy atom. The Kier molecular flexibility index (Phi) is 8.50. The van der Waals surface area contributed by atoms with Crippen molar-refractivity contribution in [3.8, 4) is 11.1 Å². The second kappa shape index (κ2) is 11.2. The number of aromatic nitrogens is 2. The van der Waals surface area contributed by atoms with E-state index in [9.17, 15) is 9.18 Å². The van der Waals surface area contributed by atoms with E-state index < -0.39 is 0 Å². The Bertz CT molecular complexity index is 996. The van der Waals surface area contributed by atoms with Crippen molar-refractivity contribution in [3.63, 3.8) is 0 Å². The molecule has 0 bridgehead atoms. The molecule has 0 unspecified atom stereocenters. The molecular formula is C27H39FN4O2. The minimum absolute atomic E-state index is 0.132. The summed E-state index contributed by atoms with van der Waals surface area (Å²) in [5, 5.41) is 3.07. The molecule has 2 aromatic rings. The third kappa shape index (κ3) is 6.45. The fourth-order valence-electron chi connectivity index (χ4n) is 4.30. The molecular weight excluding hydrogens is 431 g/mol. The molecule has 3 rings (SSSR count). The largest absolute Gasteiger partial charge is 0.463 e. The van der Waals surface area contributed by atoms with Crippen LogP contribution in [0.1, 0.15) is 71.6 Å². The third-order valence-corrected chi connectivity index (χ3v) is 6.46. The van der Waals surface area contributed by atoms with E-state index in [1.807, 2.05) is 20.8 Å². The third-order valence-electron chi connectivity index (χ3n) is 6.46. The Morgan fingerprint density at radius 3 is 2.56 bits per heavy atom. The van der Waals surface area contributed by atoms with Crippen LogP contribution in [0.25, 0.3) is 11.1 Å². The average molecular weight is 471 g/mol. The Labute approximate surface area is 203 Å². The number of rotatable bonds is 9. The Morgan fingerprint density at radius 2 is 1.94 bits per heavy atom. The average Bonchev–Trinajstić information content (AvgIpc) is 2.76. The lowest BCUT2D eigenvalue weighted by molar-refractivity contribution is -0.146. The number of anilines is 2. The van der Waals surface area contributed by atoms with Gasteiger partial charge in [0.05, 0.1) is 18.2 Å². The molecule has 1 saturated heterocycles. The molecule has 2 aromatic heterocycles. The molecule has 0 saturated carbocycles. The first kappa shape index (κ1) is 25.9. The first-order valence-electron chi connectivity index (χ1n) is 12.4. The lowest BCUT2D eigenvalue weighted by atomic mass is 9.82. The fraction of sp³-hybridized carbons (Fsp3) is 0.593. The van der Waals surface area contributed by atoms with E-state index in [-0.39, 0.29) is 35.5 Å². The number of unbranched alkanes of at least 4 members (excludes halogenated alkanes) is 1. The number of ether oxygens (including phenoxy) is 1. The van der Waals surface area contributed by atoms with Gasteiger partial charge in [-0.1, -0.05) is 27.2 Å². The first-order valence-corrected chi connectivity index (χ1v) is 12.4. The molecule has 0 radical (unpaired) electrons. The highest BCUT2D eigenvalue weighted by Crippen LogP contribution is 2.40. The van der Waals surface area contributed by atoms with Gasteiger partial charge < -0.3 is 15.0 Å². The molecule has 7 heteroatoms. The van der Waals surface area contributed by atoms with Gasteiger partial charge in [-0.25, -0.2) is 9.37 Å². The number of nitrogens with zero attached hydrogens (tertiary/aromatic N) is 3. The van der Waals surface area contributed by atoms with Gasteiger partial charge in [0.25, 0.3) is 0 Å². The maximum atomic E-state index is 14.9. The molecule has 186 valence electrons. The lowest BCUT2D eigenvalue weighted by Crippen LogP contribution is -2.38. The molecule has 1 fully saturated rings. The zero-order valence-electron chi connectivity index (χ0n) is 21.5. The number of aryl methyl sites for hydroxylation is 1. The van der Waals surface area contributed by atoms with Crippen LogP contribution < -0.4 is 10.2 Å². The van der Waals surface area contributed by atoms with Crippen molar-refractivity contribution in [2.45, 2.75) is 79.8 Å². The summed E-state index contributed by atoms with van der Waals surface area (Å²) in [5.41, 5.74) is 4.30. The predicted molar refractivity (Wildman–Crippen MR) is 136 cm³/mol. The standard InChI is InChI=1S/C27H39FN4O2/c1-7-8-11-29-26-23(28)14-20(16-31-26)22-17-30-19(4)21(15-24(33)34-18(2)3)25(22)32-12-9-27(5,6)10-13-32/h14,16-18H,7-13,15H2,1-6H3,(H,29,31). The molecule has 0 spiro atoms. The second-order valence-electron chi connectivity index (χ2n) is 10.3. The van der Waals surface area contributed by atoms with Gasteiger partial charge in [0.2, 0.25) is 0 Å². The van der Waals surface area contributed by atoms with Crippen molar-refractivity contribution in [1.82, 2.24) is 9.97 Å². The van der Waals surface area contributed by atoms with Gasteiger partial charge >= 0.3 is 5.97 Å². The van der Waals surface area contributed by atoms with Crippen LogP contribution >= 0.6 is 0 Å². The van der Waals surface area contributed by atoms with E-state index in [0.717, 1.165) is 61.3 Å². The van der Waals surface area contributed by atoms with Gasteiger partial charge in [0.15, 0.2) is 11.6 Å². The molecule has 0 aliphatic carbocycles. The van der Waals surface area contributed by atoms with Gasteiger partial charge in [-0.05, 0) is 51.5 Å². The number of carbonyl (C=O) groups is 1. The molecule has 0 aromatic carbocycles. The van der Waals surface area contributed by atoms with Gasteiger partial charge in [0.1, 0.15) is 0 Å². The molecule has 1 aliphatic heterocycles.